The van der Waals surface area contributed by atoms with E-state index in [0.29, 0.717) is 18.0 Å². The minimum absolute atomic E-state index is 0.00294. The first-order valence-corrected chi connectivity index (χ1v) is 10.4. The Hall–Kier alpha value is -3.58. The summed E-state index contributed by atoms with van der Waals surface area (Å²) in [5.41, 5.74) is 1.79. The number of ether oxygens (including phenoxy) is 3. The highest BCUT2D eigenvalue weighted by Gasteiger charge is 2.32. The molecule has 3 aromatic rings. The van der Waals surface area contributed by atoms with Crippen LogP contribution in [-0.4, -0.2) is 35.2 Å². The van der Waals surface area contributed by atoms with Crippen molar-refractivity contribution in [1.82, 2.24) is 9.88 Å². The second-order valence-electron chi connectivity index (χ2n) is 7.58. The number of fused-ring (bicyclic) bond motifs is 1. The van der Waals surface area contributed by atoms with Gasteiger partial charge in [-0.25, -0.2) is 0 Å². The molecule has 1 aromatic heterocycles. The molecule has 0 unspecified atom stereocenters. The molecule has 2 aliphatic heterocycles. The topological polar surface area (TPSA) is 72.9 Å². The normalized spacial score (nSPS) is 17.5. The van der Waals surface area contributed by atoms with E-state index in [0.717, 1.165) is 42.1 Å². The van der Waals surface area contributed by atoms with Crippen molar-refractivity contribution in [2.75, 3.05) is 18.7 Å². The molecule has 1 fully saturated rings. The number of pyridine rings is 1. The van der Waals surface area contributed by atoms with Gasteiger partial charge in [0.25, 0.3) is 0 Å². The third-order valence-corrected chi connectivity index (χ3v) is 5.51. The van der Waals surface area contributed by atoms with E-state index in [1.54, 1.807) is 12.4 Å². The van der Waals surface area contributed by atoms with Gasteiger partial charge in [0.1, 0.15) is 11.5 Å². The number of hydrogen-bond donors (Lipinski definition) is 1. The molecule has 1 N–H and O–H groups in total. The number of benzene rings is 2. The largest absolute Gasteiger partial charge is 0.456 e. The summed E-state index contributed by atoms with van der Waals surface area (Å²) < 4.78 is 16.8. The lowest BCUT2D eigenvalue weighted by Crippen LogP contribution is -2.39. The lowest BCUT2D eigenvalue weighted by atomic mass is 10.1. The van der Waals surface area contributed by atoms with Crippen molar-refractivity contribution >= 4 is 11.6 Å². The standard InChI is InChI=1S/C24H23N3O4/c28-24(26-18-8-10-19(11-9-18)31-20-5-2-12-25-14-20)21-6-3-13-27(21)15-17-4-1-7-22-23(17)30-16-29-22/h1-2,4-5,7-12,14,21H,3,6,13,15-16H2,(H,26,28)/t21-/m0/s1. The van der Waals surface area contributed by atoms with Crippen LogP contribution in [0.4, 0.5) is 5.69 Å². The predicted octanol–water partition coefficient (Wildman–Crippen LogP) is 4.21. The number of nitrogens with one attached hydrogen (secondary N) is 1. The van der Waals surface area contributed by atoms with Gasteiger partial charge in [-0.1, -0.05) is 12.1 Å². The summed E-state index contributed by atoms with van der Waals surface area (Å²) in [5, 5.41) is 3.04. The van der Waals surface area contributed by atoms with Crippen molar-refractivity contribution in [2.45, 2.75) is 25.4 Å². The van der Waals surface area contributed by atoms with E-state index in [9.17, 15) is 4.79 Å². The minimum atomic E-state index is -0.176. The Balaban J connectivity index is 1.22. The number of hydrogen-bond acceptors (Lipinski definition) is 6. The number of nitrogens with zero attached hydrogens (tertiary/aromatic N) is 2. The van der Waals surface area contributed by atoms with Crippen molar-refractivity contribution in [3.05, 3.63) is 72.6 Å². The van der Waals surface area contributed by atoms with E-state index in [1.807, 2.05) is 54.6 Å². The molecule has 1 amide bonds. The van der Waals surface area contributed by atoms with E-state index in [1.165, 1.54) is 0 Å². The van der Waals surface area contributed by atoms with E-state index in [4.69, 9.17) is 14.2 Å². The number of amides is 1. The van der Waals surface area contributed by atoms with Crippen molar-refractivity contribution in [2.24, 2.45) is 0 Å². The molecular weight excluding hydrogens is 394 g/mol. The first-order chi connectivity index (χ1) is 15.3. The van der Waals surface area contributed by atoms with Gasteiger partial charge in [0, 0.05) is 24.0 Å². The van der Waals surface area contributed by atoms with Crippen LogP contribution in [0.25, 0.3) is 0 Å². The van der Waals surface area contributed by atoms with E-state index in [-0.39, 0.29) is 18.7 Å². The molecule has 3 heterocycles. The highest BCUT2D eigenvalue weighted by atomic mass is 16.7. The molecule has 0 radical (unpaired) electrons. The zero-order chi connectivity index (χ0) is 21.0. The van der Waals surface area contributed by atoms with Crippen molar-refractivity contribution in [3.63, 3.8) is 0 Å². The molecule has 1 atom stereocenters. The zero-order valence-corrected chi connectivity index (χ0v) is 17.0. The van der Waals surface area contributed by atoms with Gasteiger partial charge < -0.3 is 19.5 Å². The number of carbonyl (C=O) groups is 1. The molecule has 0 spiro atoms. The van der Waals surface area contributed by atoms with Gasteiger partial charge >= 0.3 is 0 Å². The molecule has 7 nitrogen and oxygen atoms in total. The summed E-state index contributed by atoms with van der Waals surface area (Å²) in [4.78, 5) is 19.2. The average molecular weight is 417 g/mol. The van der Waals surface area contributed by atoms with Gasteiger partial charge in [-0.3, -0.25) is 14.7 Å². The molecule has 1 saturated heterocycles. The van der Waals surface area contributed by atoms with Crippen LogP contribution in [0.1, 0.15) is 18.4 Å². The molecule has 0 aliphatic carbocycles. The van der Waals surface area contributed by atoms with Crippen LogP contribution in [-0.2, 0) is 11.3 Å². The Labute approximate surface area is 180 Å². The lowest BCUT2D eigenvalue weighted by Gasteiger charge is -2.24. The predicted molar refractivity (Wildman–Crippen MR) is 115 cm³/mol. The van der Waals surface area contributed by atoms with Gasteiger partial charge in [0.15, 0.2) is 11.5 Å². The summed E-state index contributed by atoms with van der Waals surface area (Å²) in [6.45, 7) is 1.78. The Morgan fingerprint density at radius 1 is 1.10 bits per heavy atom. The molecule has 31 heavy (non-hydrogen) atoms. The molecule has 7 heteroatoms. The number of aromatic nitrogens is 1. The van der Waals surface area contributed by atoms with Crippen LogP contribution in [0.2, 0.25) is 0 Å². The Morgan fingerprint density at radius 2 is 2.00 bits per heavy atom. The fraction of sp³-hybridized carbons (Fsp3) is 0.250. The van der Waals surface area contributed by atoms with Crippen LogP contribution >= 0.6 is 0 Å². The van der Waals surface area contributed by atoms with Crippen LogP contribution < -0.4 is 19.5 Å². The Kier molecular flexibility index (Phi) is 5.41. The van der Waals surface area contributed by atoms with Gasteiger partial charge in [0.05, 0.1) is 12.2 Å². The quantitative estimate of drug-likeness (QED) is 0.648. The molecule has 0 saturated carbocycles. The summed E-state index contributed by atoms with van der Waals surface area (Å²) >= 11 is 0. The highest BCUT2D eigenvalue weighted by Crippen LogP contribution is 2.37. The number of carbonyl (C=O) groups excluding carboxylic acids is 1. The smallest absolute Gasteiger partial charge is 0.241 e. The SMILES string of the molecule is O=C(Nc1ccc(Oc2cccnc2)cc1)[C@@H]1CCCN1Cc1cccc2c1OCO2. The first-order valence-electron chi connectivity index (χ1n) is 10.4. The summed E-state index contributed by atoms with van der Waals surface area (Å²) in [7, 11) is 0. The summed E-state index contributed by atoms with van der Waals surface area (Å²) in [5.74, 6) is 2.92. The van der Waals surface area contributed by atoms with Gasteiger partial charge in [-0.15, -0.1) is 0 Å². The van der Waals surface area contributed by atoms with Crippen LogP contribution in [0.15, 0.2) is 67.0 Å². The molecule has 0 bridgehead atoms. The Morgan fingerprint density at radius 3 is 2.84 bits per heavy atom. The molecule has 2 aliphatic rings. The highest BCUT2D eigenvalue weighted by molar-refractivity contribution is 5.95. The third kappa shape index (κ3) is 4.32. The van der Waals surface area contributed by atoms with Crippen molar-refractivity contribution in [1.29, 1.82) is 0 Å². The maximum atomic E-state index is 13.0. The number of para-hydroxylation sites is 1. The maximum Gasteiger partial charge on any atom is 0.241 e. The first kappa shape index (κ1) is 19.4. The molecular formula is C24H23N3O4. The van der Waals surface area contributed by atoms with E-state index >= 15 is 0 Å². The molecule has 5 rings (SSSR count). The van der Waals surface area contributed by atoms with Gasteiger partial charge in [-0.05, 0) is 61.9 Å². The van der Waals surface area contributed by atoms with Crippen molar-refractivity contribution < 1.29 is 19.0 Å². The number of rotatable bonds is 6. The van der Waals surface area contributed by atoms with E-state index in [2.05, 4.69) is 15.2 Å². The number of likely N-dealkylation sites (tertiary alicyclic amines) is 1. The molecule has 2 aromatic carbocycles. The summed E-state index contributed by atoms with van der Waals surface area (Å²) in [6.07, 6.45) is 5.18. The van der Waals surface area contributed by atoms with Crippen LogP contribution in [0, 0.1) is 0 Å². The zero-order valence-electron chi connectivity index (χ0n) is 17.0. The summed E-state index contributed by atoms with van der Waals surface area (Å²) in [6, 6.07) is 16.7. The second-order valence-corrected chi connectivity index (χ2v) is 7.58. The minimum Gasteiger partial charge on any atom is -0.456 e. The Bertz CT molecular complexity index is 1060. The monoisotopic (exact) mass is 417 g/mol. The van der Waals surface area contributed by atoms with E-state index < -0.39 is 0 Å². The lowest BCUT2D eigenvalue weighted by molar-refractivity contribution is -0.120. The van der Waals surface area contributed by atoms with Crippen molar-refractivity contribution in [3.8, 4) is 23.0 Å². The van der Waals surface area contributed by atoms with Crippen LogP contribution in [0.3, 0.4) is 0 Å². The number of anilines is 1. The third-order valence-electron chi connectivity index (χ3n) is 5.51. The maximum absolute atomic E-state index is 13.0. The van der Waals surface area contributed by atoms with Crippen LogP contribution in [0.5, 0.6) is 23.0 Å². The van der Waals surface area contributed by atoms with Gasteiger partial charge in [-0.2, -0.15) is 0 Å². The fourth-order valence-corrected chi connectivity index (χ4v) is 4.02. The molecule has 158 valence electrons. The van der Waals surface area contributed by atoms with Gasteiger partial charge in [0.2, 0.25) is 12.7 Å². The second kappa shape index (κ2) is 8.65. The average Bonchev–Trinajstić information content (AvgIpc) is 3.46. The fourth-order valence-electron chi connectivity index (χ4n) is 4.02.